The number of aromatic nitrogens is 1. The van der Waals surface area contributed by atoms with Crippen LogP contribution < -0.4 is 15.8 Å². The van der Waals surface area contributed by atoms with Gasteiger partial charge in [-0.2, -0.15) is 0 Å². The zero-order chi connectivity index (χ0) is 19.8. The van der Waals surface area contributed by atoms with E-state index in [2.05, 4.69) is 11.2 Å². The summed E-state index contributed by atoms with van der Waals surface area (Å²) in [6.07, 6.45) is 6.80. The van der Waals surface area contributed by atoms with Crippen molar-refractivity contribution in [2.75, 3.05) is 13.2 Å². The van der Waals surface area contributed by atoms with Crippen LogP contribution in [0.25, 0.3) is 11.1 Å². The molecular weight excluding hydrogens is 356 g/mol. The molecule has 2 aromatic carbocycles. The molecule has 0 saturated carbocycles. The highest BCUT2D eigenvalue weighted by atomic mass is 16.5. The van der Waals surface area contributed by atoms with Crippen molar-refractivity contribution in [2.45, 2.75) is 25.8 Å². The Labute approximate surface area is 163 Å². The van der Waals surface area contributed by atoms with Crippen LogP contribution in [-0.2, 0) is 17.8 Å². The third kappa shape index (κ3) is 5.04. The Hall–Kier alpha value is -3.46. The molecule has 0 spiro atoms. The number of carbonyl (C=O) groups excluding carboxylic acids is 1. The molecule has 144 valence electrons. The molecule has 0 aliphatic heterocycles. The largest absolute Gasteiger partial charge is 0.481 e. The van der Waals surface area contributed by atoms with Crippen molar-refractivity contribution >= 4 is 17.0 Å². The Bertz CT molecular complexity index is 1030. The second kappa shape index (κ2) is 9.47. The van der Waals surface area contributed by atoms with Gasteiger partial charge in [0, 0.05) is 19.5 Å². The normalized spacial score (nSPS) is 10.5. The van der Waals surface area contributed by atoms with Crippen LogP contribution in [-0.4, -0.2) is 23.6 Å². The lowest BCUT2D eigenvalue weighted by molar-refractivity contribution is -0.121. The number of rotatable bonds is 9. The second-order valence-corrected chi connectivity index (χ2v) is 6.33. The number of benzene rings is 2. The molecule has 3 rings (SSSR count). The van der Waals surface area contributed by atoms with Crippen LogP contribution in [0.4, 0.5) is 0 Å². The number of terminal acetylenes is 1. The van der Waals surface area contributed by atoms with Gasteiger partial charge >= 0.3 is 5.76 Å². The van der Waals surface area contributed by atoms with Crippen molar-refractivity contribution in [3.8, 4) is 18.1 Å². The van der Waals surface area contributed by atoms with E-state index in [1.165, 1.54) is 0 Å². The highest BCUT2D eigenvalue weighted by molar-refractivity contribution is 5.76. The maximum absolute atomic E-state index is 12.0. The van der Waals surface area contributed by atoms with E-state index in [-0.39, 0.29) is 12.5 Å². The Balaban J connectivity index is 1.39. The van der Waals surface area contributed by atoms with E-state index < -0.39 is 5.76 Å². The first-order valence-corrected chi connectivity index (χ1v) is 9.17. The van der Waals surface area contributed by atoms with Crippen LogP contribution in [0.2, 0.25) is 0 Å². The number of ether oxygens (including phenoxy) is 1. The summed E-state index contributed by atoms with van der Waals surface area (Å²) in [6.45, 7) is 1.25. The fourth-order valence-corrected chi connectivity index (χ4v) is 2.94. The molecule has 6 heteroatoms. The number of fused-ring (bicyclic) bond motifs is 1. The molecule has 28 heavy (non-hydrogen) atoms. The van der Waals surface area contributed by atoms with Gasteiger partial charge in [0.1, 0.15) is 12.4 Å². The standard InChI is InChI=1S/C22H22N2O4/c1-2-16-27-18-11-9-17(10-12-18)13-14-23-21(25)8-5-15-24-19-6-3-4-7-20(19)28-22(24)26/h1,3-4,6-7,9-12H,5,8,13-16H2,(H,23,25). The van der Waals surface area contributed by atoms with Crippen molar-refractivity contribution in [1.82, 2.24) is 9.88 Å². The van der Waals surface area contributed by atoms with Gasteiger partial charge in [0.25, 0.3) is 0 Å². The molecule has 0 saturated heterocycles. The Morgan fingerprint density at radius 1 is 1.18 bits per heavy atom. The van der Waals surface area contributed by atoms with Gasteiger partial charge in [0.15, 0.2) is 5.58 Å². The molecule has 1 amide bonds. The minimum absolute atomic E-state index is 0.0326. The summed E-state index contributed by atoms with van der Waals surface area (Å²) in [4.78, 5) is 23.9. The lowest BCUT2D eigenvalue weighted by atomic mass is 10.1. The van der Waals surface area contributed by atoms with Crippen molar-refractivity contribution in [1.29, 1.82) is 0 Å². The molecule has 0 fully saturated rings. The SMILES string of the molecule is C#CCOc1ccc(CCNC(=O)CCCn2c(=O)oc3ccccc32)cc1. The van der Waals surface area contributed by atoms with E-state index in [9.17, 15) is 9.59 Å². The van der Waals surface area contributed by atoms with E-state index in [4.69, 9.17) is 15.6 Å². The summed E-state index contributed by atoms with van der Waals surface area (Å²) < 4.78 is 12.1. The summed E-state index contributed by atoms with van der Waals surface area (Å²) in [5.74, 6) is 2.73. The Kier molecular flexibility index (Phi) is 6.53. The number of carbonyl (C=O) groups is 1. The maximum atomic E-state index is 12.0. The van der Waals surface area contributed by atoms with E-state index in [1.54, 1.807) is 10.6 Å². The lowest BCUT2D eigenvalue weighted by Crippen LogP contribution is -2.26. The second-order valence-electron chi connectivity index (χ2n) is 6.33. The zero-order valence-electron chi connectivity index (χ0n) is 15.5. The number of nitrogens with zero attached hydrogens (tertiary/aromatic N) is 1. The Morgan fingerprint density at radius 2 is 1.96 bits per heavy atom. The summed E-state index contributed by atoms with van der Waals surface area (Å²) in [7, 11) is 0. The minimum Gasteiger partial charge on any atom is -0.481 e. The van der Waals surface area contributed by atoms with E-state index in [0.717, 1.165) is 23.3 Å². The molecule has 1 aromatic heterocycles. The van der Waals surface area contributed by atoms with Crippen LogP contribution in [0.15, 0.2) is 57.7 Å². The van der Waals surface area contributed by atoms with E-state index >= 15 is 0 Å². The van der Waals surface area contributed by atoms with Gasteiger partial charge in [-0.25, -0.2) is 4.79 Å². The fourth-order valence-electron chi connectivity index (χ4n) is 2.94. The molecule has 0 bridgehead atoms. The molecule has 0 aliphatic rings. The smallest absolute Gasteiger partial charge is 0.419 e. The van der Waals surface area contributed by atoms with Gasteiger partial charge in [-0.3, -0.25) is 9.36 Å². The molecule has 6 nitrogen and oxygen atoms in total. The van der Waals surface area contributed by atoms with E-state index in [1.807, 2.05) is 42.5 Å². The molecule has 0 aliphatic carbocycles. The summed E-state index contributed by atoms with van der Waals surface area (Å²) in [6, 6.07) is 14.9. The lowest BCUT2D eigenvalue weighted by Gasteiger charge is -2.07. The fraction of sp³-hybridized carbons (Fsp3) is 0.273. The van der Waals surface area contributed by atoms with Crippen molar-refractivity contribution in [3.63, 3.8) is 0 Å². The topological polar surface area (TPSA) is 73.5 Å². The maximum Gasteiger partial charge on any atom is 0.419 e. The first kappa shape index (κ1) is 19.3. The number of oxazole rings is 1. The number of para-hydroxylation sites is 2. The third-order valence-electron chi connectivity index (χ3n) is 4.34. The van der Waals surface area contributed by atoms with Crippen LogP contribution >= 0.6 is 0 Å². The molecular formula is C22H22N2O4. The van der Waals surface area contributed by atoms with Gasteiger partial charge in [0.2, 0.25) is 5.91 Å². The molecule has 0 atom stereocenters. The number of hydrogen-bond donors (Lipinski definition) is 1. The van der Waals surface area contributed by atoms with Crippen LogP contribution in [0.1, 0.15) is 18.4 Å². The molecule has 1 N–H and O–H groups in total. The number of hydrogen-bond acceptors (Lipinski definition) is 4. The average molecular weight is 378 g/mol. The number of amides is 1. The molecule has 1 heterocycles. The van der Waals surface area contributed by atoms with Crippen LogP contribution in [0.5, 0.6) is 5.75 Å². The Morgan fingerprint density at radius 3 is 2.75 bits per heavy atom. The first-order valence-electron chi connectivity index (χ1n) is 9.17. The van der Waals surface area contributed by atoms with Crippen LogP contribution in [0.3, 0.4) is 0 Å². The van der Waals surface area contributed by atoms with Crippen molar-refractivity contribution in [2.24, 2.45) is 0 Å². The first-order chi connectivity index (χ1) is 13.7. The highest BCUT2D eigenvalue weighted by Crippen LogP contribution is 2.13. The van der Waals surface area contributed by atoms with Gasteiger partial charge in [-0.15, -0.1) is 6.42 Å². The van der Waals surface area contributed by atoms with Crippen molar-refractivity contribution < 1.29 is 13.9 Å². The number of aryl methyl sites for hydroxylation is 1. The van der Waals surface area contributed by atoms with Gasteiger partial charge in [-0.05, 0) is 42.7 Å². The third-order valence-corrected chi connectivity index (χ3v) is 4.34. The van der Waals surface area contributed by atoms with Gasteiger partial charge in [0.05, 0.1) is 5.52 Å². The highest BCUT2D eigenvalue weighted by Gasteiger charge is 2.09. The predicted molar refractivity (Wildman–Crippen MR) is 107 cm³/mol. The predicted octanol–water partition coefficient (Wildman–Crippen LogP) is 2.75. The van der Waals surface area contributed by atoms with Crippen molar-refractivity contribution in [3.05, 3.63) is 64.6 Å². The summed E-state index contributed by atoms with van der Waals surface area (Å²) >= 11 is 0. The quantitative estimate of drug-likeness (QED) is 0.581. The van der Waals surface area contributed by atoms with E-state index in [0.29, 0.717) is 31.5 Å². The van der Waals surface area contributed by atoms with Gasteiger partial charge < -0.3 is 14.5 Å². The van der Waals surface area contributed by atoms with Gasteiger partial charge in [-0.1, -0.05) is 30.2 Å². The molecule has 0 unspecified atom stereocenters. The molecule has 0 radical (unpaired) electrons. The summed E-state index contributed by atoms with van der Waals surface area (Å²) in [5, 5.41) is 2.90. The summed E-state index contributed by atoms with van der Waals surface area (Å²) in [5.41, 5.74) is 2.42. The number of nitrogens with one attached hydrogen (secondary N) is 1. The average Bonchev–Trinajstić information content (AvgIpc) is 3.03. The van der Waals surface area contributed by atoms with Crippen LogP contribution in [0, 0.1) is 12.3 Å². The monoisotopic (exact) mass is 378 g/mol. The molecule has 3 aromatic rings. The minimum atomic E-state index is -0.392. The zero-order valence-corrected chi connectivity index (χ0v) is 15.5.